The molecule has 3 aromatic carbocycles. The number of hydrogen-bond acceptors (Lipinski definition) is 6. The first kappa shape index (κ1) is 22.8. The summed E-state index contributed by atoms with van der Waals surface area (Å²) >= 11 is 0. The standard InChI is InChI=1S/C27H25N3O4/c1-20-7-9-21(10-8-20)25-15-16-27(30-29-25)32-18-17-28-26(31)19-33-22-11-13-24(14-12-22)34-23-5-3-2-4-6-23/h2-16H,17-19H2,1H3,(H,28,31). The van der Waals surface area contributed by atoms with Gasteiger partial charge in [-0.1, -0.05) is 48.0 Å². The van der Waals surface area contributed by atoms with E-state index in [1.807, 2.05) is 67.6 Å². The van der Waals surface area contributed by atoms with Crippen LogP contribution >= 0.6 is 0 Å². The lowest BCUT2D eigenvalue weighted by atomic mass is 10.1. The largest absolute Gasteiger partial charge is 0.484 e. The summed E-state index contributed by atoms with van der Waals surface area (Å²) in [4.78, 5) is 12.0. The van der Waals surface area contributed by atoms with Gasteiger partial charge in [-0.05, 0) is 49.4 Å². The topological polar surface area (TPSA) is 82.6 Å². The molecule has 1 amide bonds. The minimum atomic E-state index is -0.242. The lowest BCUT2D eigenvalue weighted by molar-refractivity contribution is -0.123. The molecule has 0 aliphatic rings. The molecule has 0 radical (unpaired) electrons. The van der Waals surface area contributed by atoms with Crippen molar-refractivity contribution < 1.29 is 19.0 Å². The van der Waals surface area contributed by atoms with Crippen molar-refractivity contribution in [2.24, 2.45) is 0 Å². The molecule has 0 aliphatic carbocycles. The molecule has 0 bridgehead atoms. The number of ether oxygens (including phenoxy) is 3. The van der Waals surface area contributed by atoms with E-state index in [0.717, 1.165) is 17.0 Å². The molecule has 34 heavy (non-hydrogen) atoms. The summed E-state index contributed by atoms with van der Waals surface area (Å²) in [5.74, 6) is 2.19. The van der Waals surface area contributed by atoms with Gasteiger partial charge in [0.1, 0.15) is 23.9 Å². The van der Waals surface area contributed by atoms with Crippen LogP contribution in [0.3, 0.4) is 0 Å². The minimum absolute atomic E-state index is 0.0933. The average Bonchev–Trinajstić information content (AvgIpc) is 2.88. The van der Waals surface area contributed by atoms with Crippen LogP contribution in [0.15, 0.2) is 91.0 Å². The Morgan fingerprint density at radius 3 is 2.18 bits per heavy atom. The van der Waals surface area contributed by atoms with Gasteiger partial charge in [-0.3, -0.25) is 4.79 Å². The predicted molar refractivity (Wildman–Crippen MR) is 129 cm³/mol. The molecule has 0 aliphatic heterocycles. The number of aromatic nitrogens is 2. The van der Waals surface area contributed by atoms with E-state index < -0.39 is 0 Å². The molecule has 0 atom stereocenters. The molecule has 1 heterocycles. The highest BCUT2D eigenvalue weighted by Crippen LogP contribution is 2.23. The Kier molecular flexibility index (Phi) is 7.69. The van der Waals surface area contributed by atoms with E-state index in [0.29, 0.717) is 23.9 Å². The number of aryl methyl sites for hydroxylation is 1. The van der Waals surface area contributed by atoms with Crippen molar-refractivity contribution >= 4 is 5.91 Å². The molecule has 1 N–H and O–H groups in total. The predicted octanol–water partition coefficient (Wildman–Crippen LogP) is 4.82. The lowest BCUT2D eigenvalue weighted by Crippen LogP contribution is -2.32. The number of amides is 1. The second-order valence-corrected chi connectivity index (χ2v) is 7.50. The molecule has 7 heteroatoms. The molecule has 1 aromatic heterocycles. The van der Waals surface area contributed by atoms with E-state index in [4.69, 9.17) is 14.2 Å². The fourth-order valence-electron chi connectivity index (χ4n) is 3.05. The number of carbonyl (C=O) groups is 1. The molecule has 0 saturated carbocycles. The number of nitrogens with zero attached hydrogens (tertiary/aromatic N) is 2. The Bertz CT molecular complexity index is 1180. The zero-order chi connectivity index (χ0) is 23.6. The van der Waals surface area contributed by atoms with Gasteiger partial charge in [0.15, 0.2) is 6.61 Å². The highest BCUT2D eigenvalue weighted by molar-refractivity contribution is 5.77. The molecule has 0 saturated heterocycles. The number of para-hydroxylation sites is 1. The first-order valence-corrected chi connectivity index (χ1v) is 10.9. The fraction of sp³-hybridized carbons (Fsp3) is 0.148. The van der Waals surface area contributed by atoms with E-state index in [-0.39, 0.29) is 19.1 Å². The van der Waals surface area contributed by atoms with Gasteiger partial charge >= 0.3 is 0 Å². The zero-order valence-electron chi connectivity index (χ0n) is 18.8. The molecule has 0 spiro atoms. The van der Waals surface area contributed by atoms with Crippen LogP contribution in [0.4, 0.5) is 0 Å². The van der Waals surface area contributed by atoms with Crippen LogP contribution in [0.1, 0.15) is 5.56 Å². The van der Waals surface area contributed by atoms with Crippen LogP contribution < -0.4 is 19.5 Å². The monoisotopic (exact) mass is 455 g/mol. The van der Waals surface area contributed by atoms with Crippen molar-refractivity contribution in [3.63, 3.8) is 0 Å². The maximum Gasteiger partial charge on any atom is 0.258 e. The van der Waals surface area contributed by atoms with Crippen LogP contribution in [0.2, 0.25) is 0 Å². The third-order valence-electron chi connectivity index (χ3n) is 4.83. The molecule has 0 fully saturated rings. The van der Waals surface area contributed by atoms with E-state index in [2.05, 4.69) is 15.5 Å². The summed E-state index contributed by atoms with van der Waals surface area (Å²) in [6.07, 6.45) is 0. The van der Waals surface area contributed by atoms with Crippen molar-refractivity contribution in [1.82, 2.24) is 15.5 Å². The van der Waals surface area contributed by atoms with Crippen LogP contribution in [0.25, 0.3) is 11.3 Å². The minimum Gasteiger partial charge on any atom is -0.484 e. The number of nitrogens with one attached hydrogen (secondary N) is 1. The summed E-state index contributed by atoms with van der Waals surface area (Å²) in [6.45, 7) is 2.55. The Balaban J connectivity index is 1.14. The lowest BCUT2D eigenvalue weighted by Gasteiger charge is -2.09. The summed E-state index contributed by atoms with van der Waals surface area (Å²) in [6, 6.07) is 28.3. The molecular formula is C27H25N3O4. The van der Waals surface area contributed by atoms with Crippen LogP contribution in [-0.2, 0) is 4.79 Å². The Hall–Kier alpha value is -4.39. The number of rotatable bonds is 10. The van der Waals surface area contributed by atoms with E-state index >= 15 is 0 Å². The SMILES string of the molecule is Cc1ccc(-c2ccc(OCCNC(=O)COc3ccc(Oc4ccccc4)cc3)nn2)cc1. The van der Waals surface area contributed by atoms with Gasteiger partial charge in [-0.15, -0.1) is 10.2 Å². The second-order valence-electron chi connectivity index (χ2n) is 7.50. The Morgan fingerprint density at radius 2 is 1.47 bits per heavy atom. The van der Waals surface area contributed by atoms with Gasteiger partial charge in [-0.25, -0.2) is 0 Å². The van der Waals surface area contributed by atoms with Gasteiger partial charge in [0, 0.05) is 11.6 Å². The quantitative estimate of drug-likeness (QED) is 0.345. The first-order valence-electron chi connectivity index (χ1n) is 10.9. The highest BCUT2D eigenvalue weighted by Gasteiger charge is 2.05. The van der Waals surface area contributed by atoms with E-state index in [1.54, 1.807) is 30.3 Å². The molecule has 0 unspecified atom stereocenters. The van der Waals surface area contributed by atoms with Gasteiger partial charge in [0.25, 0.3) is 5.91 Å². The summed E-state index contributed by atoms with van der Waals surface area (Å²) in [7, 11) is 0. The summed E-state index contributed by atoms with van der Waals surface area (Å²) in [5, 5.41) is 11.0. The molecular weight excluding hydrogens is 430 g/mol. The van der Waals surface area contributed by atoms with Crippen LogP contribution in [-0.4, -0.2) is 35.9 Å². The smallest absolute Gasteiger partial charge is 0.258 e. The number of benzene rings is 3. The zero-order valence-corrected chi connectivity index (χ0v) is 18.8. The van der Waals surface area contributed by atoms with Crippen molar-refractivity contribution in [3.8, 4) is 34.4 Å². The van der Waals surface area contributed by atoms with Crippen LogP contribution in [0, 0.1) is 6.92 Å². The third kappa shape index (κ3) is 6.80. The fourth-order valence-corrected chi connectivity index (χ4v) is 3.05. The van der Waals surface area contributed by atoms with Crippen molar-refractivity contribution in [2.45, 2.75) is 6.92 Å². The third-order valence-corrected chi connectivity index (χ3v) is 4.83. The van der Waals surface area contributed by atoms with Crippen molar-refractivity contribution in [1.29, 1.82) is 0 Å². The van der Waals surface area contributed by atoms with Crippen LogP contribution in [0.5, 0.6) is 23.1 Å². The van der Waals surface area contributed by atoms with E-state index in [1.165, 1.54) is 5.56 Å². The first-order chi connectivity index (χ1) is 16.7. The molecule has 4 aromatic rings. The number of hydrogen-bond donors (Lipinski definition) is 1. The highest BCUT2D eigenvalue weighted by atomic mass is 16.5. The van der Waals surface area contributed by atoms with Crippen molar-refractivity contribution in [3.05, 3.63) is 96.6 Å². The molecule has 4 rings (SSSR count). The molecule has 172 valence electrons. The summed E-state index contributed by atoms with van der Waals surface area (Å²) < 4.78 is 16.8. The molecule has 7 nitrogen and oxygen atoms in total. The van der Waals surface area contributed by atoms with Crippen molar-refractivity contribution in [2.75, 3.05) is 19.8 Å². The Morgan fingerprint density at radius 1 is 0.765 bits per heavy atom. The maximum atomic E-state index is 12.0. The maximum absolute atomic E-state index is 12.0. The average molecular weight is 456 g/mol. The van der Waals surface area contributed by atoms with Gasteiger partial charge in [0.2, 0.25) is 5.88 Å². The van der Waals surface area contributed by atoms with Gasteiger partial charge < -0.3 is 19.5 Å². The Labute approximate surface area is 198 Å². The van der Waals surface area contributed by atoms with Gasteiger partial charge in [0.05, 0.1) is 12.2 Å². The van der Waals surface area contributed by atoms with E-state index in [9.17, 15) is 4.79 Å². The number of carbonyl (C=O) groups excluding carboxylic acids is 1. The van der Waals surface area contributed by atoms with Gasteiger partial charge in [-0.2, -0.15) is 0 Å². The second kappa shape index (κ2) is 11.5. The normalized spacial score (nSPS) is 10.4. The summed E-state index contributed by atoms with van der Waals surface area (Å²) in [5.41, 5.74) is 2.96.